The number of ether oxygens (including phenoxy) is 1. The fourth-order valence-corrected chi connectivity index (χ4v) is 2.92. The van der Waals surface area contributed by atoms with Crippen LogP contribution in [0.4, 0.5) is 9.59 Å². The van der Waals surface area contributed by atoms with Crippen LogP contribution in [-0.2, 0) is 11.3 Å². The molecule has 1 aromatic rings. The minimum absolute atomic E-state index is 0.0507. The van der Waals surface area contributed by atoms with Crippen LogP contribution in [0.5, 0.6) is 0 Å². The summed E-state index contributed by atoms with van der Waals surface area (Å²) >= 11 is 0. The summed E-state index contributed by atoms with van der Waals surface area (Å²) < 4.78 is 10.5. The van der Waals surface area contributed by atoms with Gasteiger partial charge in [0.05, 0.1) is 12.6 Å². The van der Waals surface area contributed by atoms with Crippen LogP contribution >= 0.6 is 0 Å². The first-order chi connectivity index (χ1) is 12.2. The van der Waals surface area contributed by atoms with E-state index in [9.17, 15) is 9.59 Å². The largest absolute Gasteiger partial charge is 0.444 e. The second kappa shape index (κ2) is 8.42. The molecule has 0 bridgehead atoms. The minimum Gasteiger partial charge on any atom is -0.444 e. The van der Waals surface area contributed by atoms with E-state index in [1.807, 2.05) is 27.7 Å². The maximum atomic E-state index is 12.4. The van der Waals surface area contributed by atoms with Gasteiger partial charge in [-0.1, -0.05) is 5.16 Å². The Balaban J connectivity index is 1.86. The molecule has 0 spiro atoms. The number of aryl methyl sites for hydroxylation is 1. The number of nitrogens with one attached hydrogen (secondary N) is 1. The van der Waals surface area contributed by atoms with E-state index >= 15 is 0 Å². The summed E-state index contributed by atoms with van der Waals surface area (Å²) in [6.07, 6.45) is 2.53. The van der Waals surface area contributed by atoms with Crippen LogP contribution in [0.25, 0.3) is 0 Å². The minimum atomic E-state index is -0.529. The van der Waals surface area contributed by atoms with Crippen molar-refractivity contribution in [2.45, 2.75) is 65.1 Å². The van der Waals surface area contributed by atoms with Crippen LogP contribution in [0.3, 0.4) is 0 Å². The number of piperidine rings is 1. The number of likely N-dealkylation sites (tertiary alicyclic amines) is 1. The Labute approximate surface area is 154 Å². The van der Waals surface area contributed by atoms with Gasteiger partial charge in [0.2, 0.25) is 0 Å². The molecule has 2 rings (SSSR count). The van der Waals surface area contributed by atoms with E-state index in [-0.39, 0.29) is 18.2 Å². The maximum absolute atomic E-state index is 12.4. The van der Waals surface area contributed by atoms with Gasteiger partial charge in [-0.05, 0) is 47.0 Å². The fourth-order valence-electron chi connectivity index (χ4n) is 2.92. The van der Waals surface area contributed by atoms with Gasteiger partial charge in [0.15, 0.2) is 0 Å². The third-order valence-corrected chi connectivity index (χ3v) is 4.17. The molecule has 1 saturated heterocycles. The second-order valence-electron chi connectivity index (χ2n) is 7.79. The van der Waals surface area contributed by atoms with Crippen molar-refractivity contribution in [3.8, 4) is 0 Å². The normalized spacial score (nSPS) is 17.7. The average Bonchev–Trinajstić information content (AvgIpc) is 2.96. The predicted molar refractivity (Wildman–Crippen MR) is 96.7 cm³/mol. The smallest absolute Gasteiger partial charge is 0.410 e. The summed E-state index contributed by atoms with van der Waals surface area (Å²) in [5.41, 5.74) is 0.173. The molecule has 8 nitrogen and oxygen atoms in total. The Kier molecular flexibility index (Phi) is 6.50. The van der Waals surface area contributed by atoms with Gasteiger partial charge in [0.25, 0.3) is 0 Å². The number of hydrogen-bond acceptors (Lipinski definition) is 5. The van der Waals surface area contributed by atoms with Crippen LogP contribution in [0.2, 0.25) is 0 Å². The van der Waals surface area contributed by atoms with E-state index in [1.54, 1.807) is 18.0 Å². The second-order valence-corrected chi connectivity index (χ2v) is 7.79. The average molecular weight is 366 g/mol. The molecular weight excluding hydrogens is 336 g/mol. The third-order valence-electron chi connectivity index (χ3n) is 4.17. The number of amides is 3. The van der Waals surface area contributed by atoms with Crippen LogP contribution in [0, 0.1) is 6.92 Å². The summed E-state index contributed by atoms with van der Waals surface area (Å²) in [7, 11) is 1.70. The Morgan fingerprint density at radius 3 is 2.77 bits per heavy atom. The first-order valence-corrected chi connectivity index (χ1v) is 9.06. The first-order valence-electron chi connectivity index (χ1n) is 9.06. The van der Waals surface area contributed by atoms with Gasteiger partial charge in [-0.2, -0.15) is 0 Å². The molecule has 26 heavy (non-hydrogen) atoms. The number of carbonyl (C=O) groups is 2. The van der Waals surface area contributed by atoms with Crippen molar-refractivity contribution in [3.05, 3.63) is 17.5 Å². The SMILES string of the molecule is Cc1cc(CN(C)C(=O)NCC2CCCCN2C(=O)OC(C)(C)C)no1. The lowest BCUT2D eigenvalue weighted by atomic mass is 10.0. The van der Waals surface area contributed by atoms with Crippen molar-refractivity contribution in [2.24, 2.45) is 0 Å². The molecule has 1 N–H and O–H groups in total. The molecule has 0 aliphatic carbocycles. The molecule has 2 heterocycles. The molecule has 1 unspecified atom stereocenters. The van der Waals surface area contributed by atoms with Gasteiger partial charge in [-0.3, -0.25) is 0 Å². The molecule has 1 atom stereocenters. The third kappa shape index (κ3) is 5.93. The molecule has 1 aliphatic heterocycles. The van der Waals surface area contributed by atoms with E-state index in [2.05, 4.69) is 10.5 Å². The quantitative estimate of drug-likeness (QED) is 0.885. The number of carbonyl (C=O) groups excluding carboxylic acids is 2. The summed E-state index contributed by atoms with van der Waals surface area (Å²) in [6, 6.07) is 1.54. The maximum Gasteiger partial charge on any atom is 0.410 e. The molecule has 3 amide bonds. The Hall–Kier alpha value is -2.25. The van der Waals surface area contributed by atoms with Gasteiger partial charge in [0.1, 0.15) is 17.1 Å². The van der Waals surface area contributed by atoms with Crippen LogP contribution in [-0.4, -0.2) is 58.9 Å². The molecule has 0 saturated carbocycles. The van der Waals surface area contributed by atoms with Gasteiger partial charge in [-0.15, -0.1) is 0 Å². The van der Waals surface area contributed by atoms with Crippen molar-refractivity contribution < 1.29 is 18.8 Å². The van der Waals surface area contributed by atoms with Gasteiger partial charge in [-0.25, -0.2) is 9.59 Å². The van der Waals surface area contributed by atoms with Crippen molar-refractivity contribution in [2.75, 3.05) is 20.1 Å². The Morgan fingerprint density at radius 2 is 2.15 bits per heavy atom. The van der Waals surface area contributed by atoms with Gasteiger partial charge < -0.3 is 24.4 Å². The molecule has 0 aromatic carbocycles. The summed E-state index contributed by atoms with van der Waals surface area (Å²) in [5, 5.41) is 6.80. The topological polar surface area (TPSA) is 87.9 Å². The lowest BCUT2D eigenvalue weighted by Crippen LogP contribution is -2.52. The lowest BCUT2D eigenvalue weighted by Gasteiger charge is -2.37. The van der Waals surface area contributed by atoms with E-state index < -0.39 is 5.60 Å². The van der Waals surface area contributed by atoms with Crippen molar-refractivity contribution in [3.63, 3.8) is 0 Å². The van der Waals surface area contributed by atoms with E-state index in [1.165, 1.54) is 4.90 Å². The number of rotatable bonds is 4. The summed E-state index contributed by atoms with van der Waals surface area (Å²) in [4.78, 5) is 28.0. The molecule has 1 aromatic heterocycles. The van der Waals surface area contributed by atoms with E-state index in [0.29, 0.717) is 31.1 Å². The van der Waals surface area contributed by atoms with Crippen LogP contribution < -0.4 is 5.32 Å². The van der Waals surface area contributed by atoms with Crippen molar-refractivity contribution >= 4 is 12.1 Å². The van der Waals surface area contributed by atoms with Crippen molar-refractivity contribution in [1.29, 1.82) is 0 Å². The lowest BCUT2D eigenvalue weighted by molar-refractivity contribution is 0.0101. The predicted octanol–water partition coefficient (Wildman–Crippen LogP) is 2.91. The molecule has 1 aliphatic rings. The zero-order chi connectivity index (χ0) is 19.3. The number of urea groups is 1. The summed E-state index contributed by atoms with van der Waals surface area (Å²) in [6.45, 7) is 8.79. The molecule has 0 radical (unpaired) electrons. The highest BCUT2D eigenvalue weighted by molar-refractivity contribution is 5.74. The standard InChI is InChI=1S/C18H30N4O4/c1-13-10-14(20-26-13)12-21(5)16(23)19-11-15-8-6-7-9-22(15)17(24)25-18(2,3)4/h10,15H,6-9,11-12H2,1-5H3,(H,19,23). The first kappa shape index (κ1) is 20.1. The molecule has 1 fully saturated rings. The van der Waals surface area contributed by atoms with Crippen LogP contribution in [0.15, 0.2) is 10.6 Å². The van der Waals surface area contributed by atoms with Gasteiger partial charge in [0, 0.05) is 26.2 Å². The Bertz CT molecular complexity index is 623. The van der Waals surface area contributed by atoms with E-state index in [4.69, 9.17) is 9.26 Å². The van der Waals surface area contributed by atoms with Crippen LogP contribution in [0.1, 0.15) is 51.5 Å². The number of nitrogens with zero attached hydrogens (tertiary/aromatic N) is 3. The zero-order valence-electron chi connectivity index (χ0n) is 16.4. The van der Waals surface area contributed by atoms with Gasteiger partial charge >= 0.3 is 12.1 Å². The fraction of sp³-hybridized carbons (Fsp3) is 0.722. The Morgan fingerprint density at radius 1 is 1.42 bits per heavy atom. The monoisotopic (exact) mass is 366 g/mol. The van der Waals surface area contributed by atoms with Crippen molar-refractivity contribution in [1.82, 2.24) is 20.3 Å². The number of aromatic nitrogens is 1. The highest BCUT2D eigenvalue weighted by Gasteiger charge is 2.30. The highest BCUT2D eigenvalue weighted by Crippen LogP contribution is 2.20. The summed E-state index contributed by atoms with van der Waals surface area (Å²) in [5.74, 6) is 0.712. The highest BCUT2D eigenvalue weighted by atomic mass is 16.6. The molecule has 146 valence electrons. The molecule has 8 heteroatoms. The molecular formula is C18H30N4O4. The number of hydrogen-bond donors (Lipinski definition) is 1. The van der Waals surface area contributed by atoms with E-state index in [0.717, 1.165) is 19.3 Å². The zero-order valence-corrected chi connectivity index (χ0v) is 16.4.